The quantitative estimate of drug-likeness (QED) is 0.400. The second kappa shape index (κ2) is 12.7. The first-order valence-electron chi connectivity index (χ1n) is 9.77. The third-order valence-corrected chi connectivity index (χ3v) is 4.68. The molecule has 1 unspecified atom stereocenters. The van der Waals surface area contributed by atoms with E-state index in [2.05, 4.69) is 6.92 Å². The highest BCUT2D eigenvalue weighted by Crippen LogP contribution is 2.20. The molecule has 1 rings (SSSR count). The fraction of sp³-hybridized carbons (Fsp3) is 0.750. The third-order valence-electron chi connectivity index (χ3n) is 4.68. The minimum atomic E-state index is -0.750. The van der Waals surface area contributed by atoms with Gasteiger partial charge >= 0.3 is 5.97 Å². The minimum absolute atomic E-state index is 0.0374. The zero-order valence-electron chi connectivity index (χ0n) is 15.5. The van der Waals surface area contributed by atoms with Crippen molar-refractivity contribution in [3.05, 3.63) is 12.2 Å². The third kappa shape index (κ3) is 9.42. The molecule has 1 amide bonds. The second-order valence-corrected chi connectivity index (χ2v) is 6.89. The van der Waals surface area contributed by atoms with Crippen molar-refractivity contribution in [2.24, 2.45) is 0 Å². The number of unbranched alkanes of at least 4 members (excludes halogenated alkanes) is 5. The van der Waals surface area contributed by atoms with E-state index in [-0.39, 0.29) is 24.2 Å². The lowest BCUT2D eigenvalue weighted by atomic mass is 9.99. The molecule has 0 aromatic heterocycles. The Morgan fingerprint density at radius 3 is 2.56 bits per heavy atom. The molecule has 1 atom stereocenters. The lowest BCUT2D eigenvalue weighted by Crippen LogP contribution is -2.43. The number of piperidine rings is 1. The van der Waals surface area contributed by atoms with E-state index in [0.29, 0.717) is 25.8 Å². The summed E-state index contributed by atoms with van der Waals surface area (Å²) in [4.78, 5) is 36.5. The summed E-state index contributed by atoms with van der Waals surface area (Å²) in [7, 11) is 0. The Morgan fingerprint density at radius 1 is 1.12 bits per heavy atom. The van der Waals surface area contributed by atoms with Gasteiger partial charge in [0.1, 0.15) is 0 Å². The van der Waals surface area contributed by atoms with Gasteiger partial charge in [-0.05, 0) is 38.2 Å². The number of carboxylic acid groups (broad SMARTS) is 1. The molecule has 1 heterocycles. The van der Waals surface area contributed by atoms with Crippen molar-refractivity contribution >= 4 is 17.7 Å². The Hall–Kier alpha value is -1.65. The van der Waals surface area contributed by atoms with Gasteiger partial charge in [-0.3, -0.25) is 14.4 Å². The summed E-state index contributed by atoms with van der Waals surface area (Å²) in [5, 5.41) is 8.63. The molecule has 0 aromatic carbocycles. The smallest absolute Gasteiger partial charge is 0.303 e. The standard InChI is InChI=1S/C20H33NO4/c1-2-3-6-11-18(22)15-14-17-10-9-12-19(23)21(17)16-8-5-4-7-13-20(24)25/h14-15,17H,2-13,16H2,1H3,(H,24,25). The van der Waals surface area contributed by atoms with Crippen LogP contribution in [0, 0.1) is 0 Å². The van der Waals surface area contributed by atoms with Gasteiger partial charge < -0.3 is 10.0 Å². The summed E-state index contributed by atoms with van der Waals surface area (Å²) in [6.45, 7) is 2.82. The van der Waals surface area contributed by atoms with Crippen LogP contribution in [0.3, 0.4) is 0 Å². The molecule has 5 nitrogen and oxygen atoms in total. The van der Waals surface area contributed by atoms with Gasteiger partial charge in [-0.1, -0.05) is 38.7 Å². The van der Waals surface area contributed by atoms with Crippen LogP contribution in [0.25, 0.3) is 0 Å². The van der Waals surface area contributed by atoms with Crippen molar-refractivity contribution in [3.63, 3.8) is 0 Å². The number of allylic oxidation sites excluding steroid dienone is 1. The van der Waals surface area contributed by atoms with Gasteiger partial charge in [0.2, 0.25) is 5.91 Å². The van der Waals surface area contributed by atoms with Crippen molar-refractivity contribution in [1.29, 1.82) is 0 Å². The molecule has 0 bridgehead atoms. The van der Waals surface area contributed by atoms with Gasteiger partial charge in [-0.25, -0.2) is 0 Å². The number of carboxylic acids is 1. The van der Waals surface area contributed by atoms with E-state index < -0.39 is 5.97 Å². The van der Waals surface area contributed by atoms with Crippen LogP contribution in [-0.2, 0) is 14.4 Å². The van der Waals surface area contributed by atoms with Crippen LogP contribution in [0.2, 0.25) is 0 Å². The lowest BCUT2D eigenvalue weighted by Gasteiger charge is -2.34. The van der Waals surface area contributed by atoms with E-state index in [1.165, 1.54) is 0 Å². The molecule has 1 aliphatic rings. The molecule has 1 aliphatic heterocycles. The zero-order chi connectivity index (χ0) is 18.5. The molecular weight excluding hydrogens is 318 g/mol. The van der Waals surface area contributed by atoms with Crippen LogP contribution in [0.15, 0.2) is 12.2 Å². The largest absolute Gasteiger partial charge is 0.481 e. The topological polar surface area (TPSA) is 74.7 Å². The lowest BCUT2D eigenvalue weighted by molar-refractivity contribution is -0.137. The summed E-state index contributed by atoms with van der Waals surface area (Å²) in [5.41, 5.74) is 0. The van der Waals surface area contributed by atoms with Crippen LogP contribution in [0.4, 0.5) is 0 Å². The maximum absolute atomic E-state index is 12.2. The van der Waals surface area contributed by atoms with Crippen LogP contribution < -0.4 is 0 Å². The summed E-state index contributed by atoms with van der Waals surface area (Å²) in [6, 6.07) is 0.0374. The molecule has 1 fully saturated rings. The van der Waals surface area contributed by atoms with Gasteiger partial charge in [0, 0.05) is 25.8 Å². The second-order valence-electron chi connectivity index (χ2n) is 6.89. The molecule has 1 N–H and O–H groups in total. The first-order valence-corrected chi connectivity index (χ1v) is 9.77. The number of ketones is 1. The number of nitrogens with zero attached hydrogens (tertiary/aromatic N) is 1. The number of aliphatic carboxylic acids is 1. The van der Waals surface area contributed by atoms with Gasteiger partial charge in [-0.15, -0.1) is 0 Å². The molecule has 0 aliphatic carbocycles. The van der Waals surface area contributed by atoms with Gasteiger partial charge in [0.25, 0.3) is 0 Å². The van der Waals surface area contributed by atoms with E-state index >= 15 is 0 Å². The molecule has 1 saturated heterocycles. The SMILES string of the molecule is CCCCCC(=O)C=CC1CCCC(=O)N1CCCCCCC(=O)O. The minimum Gasteiger partial charge on any atom is -0.481 e. The van der Waals surface area contributed by atoms with Crippen molar-refractivity contribution < 1.29 is 19.5 Å². The van der Waals surface area contributed by atoms with Gasteiger partial charge in [-0.2, -0.15) is 0 Å². The number of likely N-dealkylation sites (tertiary alicyclic amines) is 1. The van der Waals surface area contributed by atoms with E-state index in [0.717, 1.165) is 51.4 Å². The van der Waals surface area contributed by atoms with Crippen molar-refractivity contribution in [2.75, 3.05) is 6.54 Å². The number of hydrogen-bond donors (Lipinski definition) is 1. The molecule has 5 heteroatoms. The van der Waals surface area contributed by atoms with E-state index in [1.807, 2.05) is 11.0 Å². The fourth-order valence-electron chi connectivity index (χ4n) is 3.20. The summed E-state index contributed by atoms with van der Waals surface area (Å²) >= 11 is 0. The summed E-state index contributed by atoms with van der Waals surface area (Å²) in [6.07, 6.45) is 13.3. The Labute approximate surface area is 151 Å². The van der Waals surface area contributed by atoms with E-state index in [1.54, 1.807) is 6.08 Å². The van der Waals surface area contributed by atoms with Crippen LogP contribution in [0.1, 0.15) is 84.0 Å². The van der Waals surface area contributed by atoms with Gasteiger partial charge in [0.15, 0.2) is 5.78 Å². The summed E-state index contributed by atoms with van der Waals surface area (Å²) in [5.74, 6) is -0.426. The van der Waals surface area contributed by atoms with E-state index in [9.17, 15) is 14.4 Å². The number of carbonyl (C=O) groups is 3. The highest BCUT2D eigenvalue weighted by molar-refractivity contribution is 5.89. The molecule has 25 heavy (non-hydrogen) atoms. The normalized spacial score (nSPS) is 18.0. The molecule has 0 aromatic rings. The number of hydrogen-bond acceptors (Lipinski definition) is 3. The van der Waals surface area contributed by atoms with Crippen molar-refractivity contribution in [3.8, 4) is 0 Å². The first-order chi connectivity index (χ1) is 12.0. The number of amides is 1. The Balaban J connectivity index is 2.38. The average Bonchev–Trinajstić information content (AvgIpc) is 2.57. The van der Waals surface area contributed by atoms with Crippen molar-refractivity contribution in [1.82, 2.24) is 4.90 Å². The van der Waals surface area contributed by atoms with Crippen LogP contribution >= 0.6 is 0 Å². The van der Waals surface area contributed by atoms with E-state index in [4.69, 9.17) is 5.11 Å². The Kier molecular flexibility index (Phi) is 10.8. The predicted octanol–water partition coefficient (Wildman–Crippen LogP) is 4.11. The highest BCUT2D eigenvalue weighted by atomic mass is 16.4. The monoisotopic (exact) mass is 351 g/mol. The average molecular weight is 351 g/mol. The Bertz CT molecular complexity index is 459. The number of rotatable bonds is 13. The molecule has 142 valence electrons. The maximum Gasteiger partial charge on any atom is 0.303 e. The summed E-state index contributed by atoms with van der Waals surface area (Å²) < 4.78 is 0. The molecule has 0 spiro atoms. The molecular formula is C20H33NO4. The number of carbonyl (C=O) groups excluding carboxylic acids is 2. The maximum atomic E-state index is 12.2. The van der Waals surface area contributed by atoms with Crippen LogP contribution in [0.5, 0.6) is 0 Å². The predicted molar refractivity (Wildman–Crippen MR) is 98.4 cm³/mol. The van der Waals surface area contributed by atoms with Crippen molar-refractivity contribution in [2.45, 2.75) is 90.0 Å². The Morgan fingerprint density at radius 2 is 1.84 bits per heavy atom. The first kappa shape index (κ1) is 21.4. The van der Waals surface area contributed by atoms with Gasteiger partial charge in [0.05, 0.1) is 6.04 Å². The molecule has 0 radical (unpaired) electrons. The fourth-order valence-corrected chi connectivity index (χ4v) is 3.20. The van der Waals surface area contributed by atoms with Crippen LogP contribution in [-0.4, -0.2) is 40.3 Å². The zero-order valence-corrected chi connectivity index (χ0v) is 15.5. The molecule has 0 saturated carbocycles. The highest BCUT2D eigenvalue weighted by Gasteiger charge is 2.25.